The Morgan fingerprint density at radius 1 is 1.15 bits per heavy atom. The second kappa shape index (κ2) is 8.24. The van der Waals surface area contributed by atoms with Gasteiger partial charge in [-0.1, -0.05) is 17.7 Å². The third-order valence-corrected chi connectivity index (χ3v) is 6.54. The van der Waals surface area contributed by atoms with Crippen LogP contribution in [0, 0.1) is 6.92 Å². The maximum atomic E-state index is 12.4. The molecule has 3 rings (SSSR count). The van der Waals surface area contributed by atoms with Crippen molar-refractivity contribution >= 4 is 15.9 Å². The van der Waals surface area contributed by atoms with Gasteiger partial charge in [-0.3, -0.25) is 4.79 Å². The minimum absolute atomic E-state index is 0.0283. The summed E-state index contributed by atoms with van der Waals surface area (Å²) < 4.78 is 32.7. The molecular formula is C18H26N2O6S. The van der Waals surface area contributed by atoms with Crippen molar-refractivity contribution < 1.29 is 28.2 Å². The van der Waals surface area contributed by atoms with E-state index in [1.54, 1.807) is 17.0 Å². The van der Waals surface area contributed by atoms with E-state index in [1.165, 1.54) is 12.1 Å². The summed E-state index contributed by atoms with van der Waals surface area (Å²) in [6.07, 6.45) is -2.36. The van der Waals surface area contributed by atoms with E-state index in [0.717, 1.165) is 18.4 Å². The fourth-order valence-electron chi connectivity index (χ4n) is 3.42. The standard InChI is InChI=1S/C18H26N2O6S/c1-12-4-6-13(7-5-12)27(24,25)19-11-15-18(23)17(22)14(26-15)10-16(21)20-8-2-3-9-20/h4-7,14-15,17-19,22-23H,2-3,8-11H2,1H3. The molecule has 2 aliphatic heterocycles. The minimum Gasteiger partial charge on any atom is -0.388 e. The summed E-state index contributed by atoms with van der Waals surface area (Å²) in [7, 11) is -3.76. The molecule has 4 atom stereocenters. The smallest absolute Gasteiger partial charge is 0.240 e. The van der Waals surface area contributed by atoms with Crippen LogP contribution in [0.4, 0.5) is 0 Å². The maximum absolute atomic E-state index is 12.4. The molecule has 0 aromatic heterocycles. The van der Waals surface area contributed by atoms with Crippen LogP contribution >= 0.6 is 0 Å². The van der Waals surface area contributed by atoms with Crippen LogP contribution in [-0.2, 0) is 19.6 Å². The summed E-state index contributed by atoms with van der Waals surface area (Å²) in [5.41, 5.74) is 0.942. The summed E-state index contributed by atoms with van der Waals surface area (Å²) in [4.78, 5) is 14.1. The van der Waals surface area contributed by atoms with Crippen LogP contribution in [-0.4, -0.2) is 73.5 Å². The Labute approximate surface area is 159 Å². The van der Waals surface area contributed by atoms with Crippen molar-refractivity contribution in [2.45, 2.75) is 55.5 Å². The number of sulfonamides is 1. The average Bonchev–Trinajstić information content (AvgIpc) is 3.25. The number of carbonyl (C=O) groups excluding carboxylic acids is 1. The van der Waals surface area contributed by atoms with Gasteiger partial charge in [-0.25, -0.2) is 13.1 Å². The van der Waals surface area contributed by atoms with Gasteiger partial charge in [0.25, 0.3) is 0 Å². The van der Waals surface area contributed by atoms with Gasteiger partial charge in [0.2, 0.25) is 15.9 Å². The highest BCUT2D eigenvalue weighted by Gasteiger charge is 2.44. The number of aliphatic hydroxyl groups excluding tert-OH is 2. The second-order valence-electron chi connectivity index (χ2n) is 7.15. The van der Waals surface area contributed by atoms with Crippen molar-refractivity contribution in [2.75, 3.05) is 19.6 Å². The Balaban J connectivity index is 1.57. The number of nitrogens with one attached hydrogen (secondary N) is 1. The van der Waals surface area contributed by atoms with E-state index in [4.69, 9.17) is 4.74 Å². The monoisotopic (exact) mass is 398 g/mol. The molecule has 1 aromatic rings. The third kappa shape index (κ3) is 4.67. The molecule has 0 saturated carbocycles. The first-order valence-corrected chi connectivity index (χ1v) is 10.6. The fraction of sp³-hybridized carbons (Fsp3) is 0.611. The number of carbonyl (C=O) groups is 1. The number of benzene rings is 1. The van der Waals surface area contributed by atoms with Gasteiger partial charge in [0.15, 0.2) is 0 Å². The molecule has 0 spiro atoms. The zero-order valence-corrected chi connectivity index (χ0v) is 16.1. The summed E-state index contributed by atoms with van der Waals surface area (Å²) in [6.45, 7) is 3.06. The van der Waals surface area contributed by atoms with Crippen LogP contribution in [0.3, 0.4) is 0 Å². The van der Waals surface area contributed by atoms with Crippen LogP contribution in [0.5, 0.6) is 0 Å². The first-order chi connectivity index (χ1) is 12.8. The summed E-state index contributed by atoms with van der Waals surface area (Å²) in [6, 6.07) is 6.38. The Hall–Kier alpha value is -1.52. The van der Waals surface area contributed by atoms with Crippen molar-refractivity contribution in [1.82, 2.24) is 9.62 Å². The van der Waals surface area contributed by atoms with Gasteiger partial charge >= 0.3 is 0 Å². The summed E-state index contributed by atoms with van der Waals surface area (Å²) >= 11 is 0. The lowest BCUT2D eigenvalue weighted by atomic mass is 10.1. The zero-order valence-electron chi connectivity index (χ0n) is 15.2. The predicted octanol–water partition coefficient (Wildman–Crippen LogP) is -0.225. The molecule has 2 fully saturated rings. The number of rotatable bonds is 6. The van der Waals surface area contributed by atoms with Gasteiger partial charge < -0.3 is 19.8 Å². The van der Waals surface area contributed by atoms with Gasteiger partial charge in [-0.15, -0.1) is 0 Å². The fourth-order valence-corrected chi connectivity index (χ4v) is 4.47. The number of aliphatic hydroxyl groups is 2. The van der Waals surface area contributed by atoms with Crippen LogP contribution in [0.2, 0.25) is 0 Å². The largest absolute Gasteiger partial charge is 0.388 e. The van der Waals surface area contributed by atoms with E-state index < -0.39 is 34.4 Å². The Morgan fingerprint density at radius 2 is 1.74 bits per heavy atom. The van der Waals surface area contributed by atoms with E-state index >= 15 is 0 Å². The Bertz CT molecular complexity index is 761. The molecule has 9 heteroatoms. The molecule has 1 aromatic carbocycles. The summed E-state index contributed by atoms with van der Waals surface area (Å²) in [5.74, 6) is -0.121. The lowest BCUT2D eigenvalue weighted by Gasteiger charge is -2.19. The molecule has 2 saturated heterocycles. The zero-order chi connectivity index (χ0) is 19.6. The normalized spacial score (nSPS) is 28.6. The average molecular weight is 398 g/mol. The van der Waals surface area contributed by atoms with Gasteiger partial charge in [0.05, 0.1) is 17.4 Å². The van der Waals surface area contributed by atoms with Gasteiger partial charge in [0.1, 0.15) is 18.3 Å². The highest BCUT2D eigenvalue weighted by molar-refractivity contribution is 7.89. The molecule has 0 aliphatic carbocycles. The van der Waals surface area contributed by atoms with E-state index in [1.807, 2.05) is 6.92 Å². The summed E-state index contributed by atoms with van der Waals surface area (Å²) in [5, 5.41) is 20.3. The first kappa shape index (κ1) is 20.2. The van der Waals surface area contributed by atoms with Crippen molar-refractivity contribution in [1.29, 1.82) is 0 Å². The van der Waals surface area contributed by atoms with E-state index in [0.29, 0.717) is 13.1 Å². The number of nitrogens with zero attached hydrogens (tertiary/aromatic N) is 1. The highest BCUT2D eigenvalue weighted by atomic mass is 32.2. The van der Waals surface area contributed by atoms with Gasteiger partial charge in [-0.2, -0.15) is 0 Å². The SMILES string of the molecule is Cc1ccc(S(=O)(=O)NCC2OC(CC(=O)N3CCCC3)C(O)C2O)cc1. The molecule has 27 heavy (non-hydrogen) atoms. The van der Waals surface area contributed by atoms with Crippen molar-refractivity contribution in [2.24, 2.45) is 0 Å². The minimum atomic E-state index is -3.76. The predicted molar refractivity (Wildman–Crippen MR) is 97.5 cm³/mol. The van der Waals surface area contributed by atoms with Crippen LogP contribution < -0.4 is 4.72 Å². The van der Waals surface area contributed by atoms with Gasteiger partial charge in [-0.05, 0) is 31.9 Å². The molecule has 0 bridgehead atoms. The van der Waals surface area contributed by atoms with E-state index in [-0.39, 0.29) is 23.8 Å². The van der Waals surface area contributed by atoms with Crippen LogP contribution in [0.25, 0.3) is 0 Å². The Kier molecular flexibility index (Phi) is 6.17. The third-order valence-electron chi connectivity index (χ3n) is 5.10. The number of likely N-dealkylation sites (tertiary alicyclic amines) is 1. The van der Waals surface area contributed by atoms with Crippen LogP contribution in [0.15, 0.2) is 29.2 Å². The molecule has 8 nitrogen and oxygen atoms in total. The number of amides is 1. The molecule has 150 valence electrons. The van der Waals surface area contributed by atoms with E-state index in [2.05, 4.69) is 4.72 Å². The molecule has 0 radical (unpaired) electrons. The molecule has 2 aliphatic rings. The van der Waals surface area contributed by atoms with Crippen LogP contribution in [0.1, 0.15) is 24.8 Å². The molecule has 1 amide bonds. The number of aryl methyl sites for hydroxylation is 1. The number of hydrogen-bond donors (Lipinski definition) is 3. The van der Waals surface area contributed by atoms with E-state index in [9.17, 15) is 23.4 Å². The van der Waals surface area contributed by atoms with Crippen molar-refractivity contribution in [3.8, 4) is 0 Å². The second-order valence-corrected chi connectivity index (χ2v) is 8.92. The first-order valence-electron chi connectivity index (χ1n) is 9.13. The molecule has 4 unspecified atom stereocenters. The quantitative estimate of drug-likeness (QED) is 0.610. The lowest BCUT2D eigenvalue weighted by molar-refractivity contribution is -0.134. The number of hydrogen-bond acceptors (Lipinski definition) is 6. The van der Waals surface area contributed by atoms with Gasteiger partial charge in [0, 0.05) is 19.6 Å². The molecular weight excluding hydrogens is 372 g/mol. The molecule has 3 N–H and O–H groups in total. The number of ether oxygens (including phenoxy) is 1. The maximum Gasteiger partial charge on any atom is 0.240 e. The lowest BCUT2D eigenvalue weighted by Crippen LogP contribution is -2.40. The van der Waals surface area contributed by atoms with Crippen molar-refractivity contribution in [3.63, 3.8) is 0 Å². The van der Waals surface area contributed by atoms with Crippen molar-refractivity contribution in [3.05, 3.63) is 29.8 Å². The Morgan fingerprint density at radius 3 is 2.37 bits per heavy atom. The highest BCUT2D eigenvalue weighted by Crippen LogP contribution is 2.25. The topological polar surface area (TPSA) is 116 Å². The molecule has 2 heterocycles.